The third-order valence-corrected chi connectivity index (χ3v) is 4.33. The van der Waals surface area contributed by atoms with Crippen LogP contribution < -0.4 is 5.32 Å². The average Bonchev–Trinajstić information content (AvgIpc) is 2.67. The molecule has 2 heterocycles. The van der Waals surface area contributed by atoms with Crippen molar-refractivity contribution in [1.29, 1.82) is 0 Å². The lowest BCUT2D eigenvalue weighted by atomic mass is 10.0. The Bertz CT molecular complexity index is 319. The second kappa shape index (κ2) is 5.80. The summed E-state index contributed by atoms with van der Waals surface area (Å²) in [7, 11) is 2.06. The highest BCUT2D eigenvalue weighted by atomic mass is 32.1. The van der Waals surface area contributed by atoms with Crippen molar-refractivity contribution in [3.8, 4) is 0 Å². The van der Waals surface area contributed by atoms with Gasteiger partial charge in [0.1, 0.15) is 0 Å². The minimum atomic E-state index is 0.737. The topological polar surface area (TPSA) is 15.3 Å². The van der Waals surface area contributed by atoms with E-state index in [0.717, 1.165) is 19.1 Å². The monoisotopic (exact) mass is 238 g/mol. The number of hydrogen-bond donors (Lipinski definition) is 1. The van der Waals surface area contributed by atoms with E-state index in [1.807, 2.05) is 11.3 Å². The van der Waals surface area contributed by atoms with Gasteiger partial charge in [-0.25, -0.2) is 0 Å². The van der Waals surface area contributed by atoms with Gasteiger partial charge in [0.15, 0.2) is 0 Å². The van der Waals surface area contributed by atoms with Crippen molar-refractivity contribution in [3.05, 3.63) is 21.9 Å². The van der Waals surface area contributed by atoms with E-state index in [-0.39, 0.29) is 0 Å². The molecule has 1 aromatic rings. The number of piperidine rings is 1. The molecule has 2 nitrogen and oxygen atoms in total. The quantitative estimate of drug-likeness (QED) is 0.867. The fraction of sp³-hybridized carbons (Fsp3) is 0.692. The Morgan fingerprint density at radius 3 is 3.00 bits per heavy atom. The van der Waals surface area contributed by atoms with Crippen LogP contribution in [0.25, 0.3) is 0 Å². The molecule has 0 aliphatic carbocycles. The predicted octanol–water partition coefficient (Wildman–Crippen LogP) is 2.63. The molecule has 1 aromatic heterocycles. The maximum absolute atomic E-state index is 3.32. The Balaban J connectivity index is 1.95. The van der Waals surface area contributed by atoms with Crippen LogP contribution in [0.2, 0.25) is 0 Å². The lowest BCUT2D eigenvalue weighted by molar-refractivity contribution is 0.140. The SMILES string of the molecule is CNCC1CCCCN1Cc1ccc(C)s1. The third kappa shape index (κ3) is 3.06. The highest BCUT2D eigenvalue weighted by Crippen LogP contribution is 2.22. The number of nitrogens with zero attached hydrogens (tertiary/aromatic N) is 1. The van der Waals surface area contributed by atoms with Crippen molar-refractivity contribution in [2.45, 2.75) is 38.8 Å². The third-order valence-electron chi connectivity index (χ3n) is 3.34. The van der Waals surface area contributed by atoms with E-state index in [0.29, 0.717) is 0 Å². The Labute approximate surface area is 103 Å². The average molecular weight is 238 g/mol. The second-order valence-electron chi connectivity index (χ2n) is 4.69. The zero-order valence-corrected chi connectivity index (χ0v) is 11.1. The first-order valence-electron chi connectivity index (χ1n) is 6.23. The van der Waals surface area contributed by atoms with E-state index in [1.165, 1.54) is 35.6 Å². The van der Waals surface area contributed by atoms with Crippen molar-refractivity contribution in [3.63, 3.8) is 0 Å². The molecule has 1 atom stereocenters. The fourth-order valence-corrected chi connectivity index (χ4v) is 3.42. The molecule has 16 heavy (non-hydrogen) atoms. The van der Waals surface area contributed by atoms with Gasteiger partial charge >= 0.3 is 0 Å². The van der Waals surface area contributed by atoms with Crippen molar-refractivity contribution in [2.75, 3.05) is 20.1 Å². The van der Waals surface area contributed by atoms with Crippen LogP contribution in [0.3, 0.4) is 0 Å². The standard InChI is InChI=1S/C13H22N2S/c1-11-6-7-13(16-11)10-15-8-4-3-5-12(15)9-14-2/h6-7,12,14H,3-5,8-10H2,1-2H3. The molecule has 0 radical (unpaired) electrons. The molecule has 1 aliphatic heterocycles. The maximum Gasteiger partial charge on any atom is 0.0331 e. The van der Waals surface area contributed by atoms with Crippen molar-refractivity contribution in [2.24, 2.45) is 0 Å². The van der Waals surface area contributed by atoms with Crippen molar-refractivity contribution < 1.29 is 0 Å². The first-order chi connectivity index (χ1) is 7.79. The molecule has 90 valence electrons. The molecule has 2 rings (SSSR count). The molecule has 0 aromatic carbocycles. The maximum atomic E-state index is 3.32. The van der Waals surface area contributed by atoms with Gasteiger partial charge in [0.2, 0.25) is 0 Å². The van der Waals surface area contributed by atoms with Gasteiger partial charge in [-0.05, 0) is 45.5 Å². The van der Waals surface area contributed by atoms with E-state index in [4.69, 9.17) is 0 Å². The van der Waals surface area contributed by atoms with Gasteiger partial charge in [0, 0.05) is 28.9 Å². The molecule has 1 N–H and O–H groups in total. The minimum Gasteiger partial charge on any atom is -0.318 e. The number of aryl methyl sites for hydroxylation is 1. The Kier molecular flexibility index (Phi) is 4.38. The predicted molar refractivity (Wildman–Crippen MR) is 71.0 cm³/mol. The fourth-order valence-electron chi connectivity index (χ4n) is 2.51. The molecule has 1 aliphatic rings. The van der Waals surface area contributed by atoms with Crippen LogP contribution in [0.5, 0.6) is 0 Å². The summed E-state index contributed by atoms with van der Waals surface area (Å²) in [6.07, 6.45) is 4.11. The summed E-state index contributed by atoms with van der Waals surface area (Å²) in [5.41, 5.74) is 0. The summed E-state index contributed by atoms with van der Waals surface area (Å²) in [5.74, 6) is 0. The van der Waals surface area contributed by atoms with Crippen LogP contribution in [-0.2, 0) is 6.54 Å². The summed E-state index contributed by atoms with van der Waals surface area (Å²) in [6, 6.07) is 5.25. The minimum absolute atomic E-state index is 0.737. The molecule has 1 fully saturated rings. The summed E-state index contributed by atoms with van der Waals surface area (Å²) in [6.45, 7) is 5.73. The van der Waals surface area contributed by atoms with E-state index >= 15 is 0 Å². The van der Waals surface area contributed by atoms with Crippen molar-refractivity contribution >= 4 is 11.3 Å². The Morgan fingerprint density at radius 1 is 1.44 bits per heavy atom. The zero-order chi connectivity index (χ0) is 11.4. The van der Waals surface area contributed by atoms with Crippen LogP contribution in [0.15, 0.2) is 12.1 Å². The summed E-state index contributed by atoms with van der Waals surface area (Å²) < 4.78 is 0. The van der Waals surface area contributed by atoms with Gasteiger partial charge in [-0.1, -0.05) is 6.42 Å². The molecule has 1 unspecified atom stereocenters. The number of thiophene rings is 1. The number of hydrogen-bond acceptors (Lipinski definition) is 3. The second-order valence-corrected chi connectivity index (χ2v) is 6.06. The number of nitrogens with one attached hydrogen (secondary N) is 1. The van der Waals surface area contributed by atoms with Gasteiger partial charge in [0.05, 0.1) is 0 Å². The highest BCUT2D eigenvalue weighted by molar-refractivity contribution is 7.11. The highest BCUT2D eigenvalue weighted by Gasteiger charge is 2.21. The van der Waals surface area contributed by atoms with Crippen LogP contribution in [0.4, 0.5) is 0 Å². The van der Waals surface area contributed by atoms with E-state index in [1.54, 1.807) is 0 Å². The molecule has 0 spiro atoms. The van der Waals surface area contributed by atoms with Gasteiger partial charge in [-0.3, -0.25) is 4.90 Å². The zero-order valence-electron chi connectivity index (χ0n) is 10.3. The number of likely N-dealkylation sites (tertiary alicyclic amines) is 1. The molecular formula is C13H22N2S. The van der Waals surface area contributed by atoms with Crippen LogP contribution in [0.1, 0.15) is 29.0 Å². The van der Waals surface area contributed by atoms with Crippen LogP contribution in [-0.4, -0.2) is 31.1 Å². The largest absolute Gasteiger partial charge is 0.318 e. The first kappa shape index (κ1) is 12.1. The lowest BCUT2D eigenvalue weighted by Crippen LogP contribution is -2.44. The Morgan fingerprint density at radius 2 is 2.31 bits per heavy atom. The van der Waals surface area contributed by atoms with Gasteiger partial charge < -0.3 is 5.32 Å². The number of likely N-dealkylation sites (N-methyl/N-ethyl adjacent to an activating group) is 1. The van der Waals surface area contributed by atoms with E-state index < -0.39 is 0 Å². The summed E-state index contributed by atoms with van der Waals surface area (Å²) >= 11 is 1.94. The number of rotatable bonds is 4. The molecule has 0 bridgehead atoms. The van der Waals surface area contributed by atoms with E-state index in [9.17, 15) is 0 Å². The Hall–Kier alpha value is -0.380. The van der Waals surface area contributed by atoms with Crippen LogP contribution in [0, 0.1) is 6.92 Å². The molecule has 0 saturated carbocycles. The van der Waals surface area contributed by atoms with Crippen molar-refractivity contribution in [1.82, 2.24) is 10.2 Å². The normalized spacial score (nSPS) is 22.5. The molecule has 1 saturated heterocycles. The lowest BCUT2D eigenvalue weighted by Gasteiger charge is -2.35. The molecule has 3 heteroatoms. The van der Waals surface area contributed by atoms with Gasteiger partial charge in [-0.2, -0.15) is 0 Å². The smallest absolute Gasteiger partial charge is 0.0331 e. The van der Waals surface area contributed by atoms with E-state index in [2.05, 4.69) is 36.3 Å². The van der Waals surface area contributed by atoms with Gasteiger partial charge in [-0.15, -0.1) is 11.3 Å². The molecular weight excluding hydrogens is 216 g/mol. The summed E-state index contributed by atoms with van der Waals surface area (Å²) in [4.78, 5) is 5.59. The van der Waals surface area contributed by atoms with Crippen LogP contribution >= 0.6 is 11.3 Å². The van der Waals surface area contributed by atoms with Gasteiger partial charge in [0.25, 0.3) is 0 Å². The summed E-state index contributed by atoms with van der Waals surface area (Å²) in [5, 5.41) is 3.32. The first-order valence-corrected chi connectivity index (χ1v) is 7.05. The molecule has 0 amide bonds.